The molecule has 0 unspecified atom stereocenters. The Kier molecular flexibility index (Phi) is 7.11. The molecule has 3 amide bonds. The zero-order valence-electron chi connectivity index (χ0n) is 14.8. The summed E-state index contributed by atoms with van der Waals surface area (Å²) in [5, 5.41) is 5.12. The van der Waals surface area contributed by atoms with Crippen LogP contribution in [-0.2, 0) is 16.1 Å². The Labute approximate surface area is 152 Å². The topological polar surface area (TPSA) is 70.7 Å². The molecular formula is C19H22FN3O3. The molecule has 0 aromatic heterocycles. The van der Waals surface area contributed by atoms with E-state index in [9.17, 15) is 14.0 Å². The third-order valence-electron chi connectivity index (χ3n) is 3.60. The highest BCUT2D eigenvalue weighted by Crippen LogP contribution is 2.20. The number of amides is 3. The van der Waals surface area contributed by atoms with Crippen molar-refractivity contribution < 1.29 is 18.7 Å². The lowest BCUT2D eigenvalue weighted by atomic mass is 10.2. The summed E-state index contributed by atoms with van der Waals surface area (Å²) < 4.78 is 18.8. The highest BCUT2D eigenvalue weighted by Gasteiger charge is 2.15. The SMILES string of the molecule is COCCN(Cc1ccccc1)C(=O)Nc1ccc(F)c(NC(C)=O)c1. The second-order valence-corrected chi connectivity index (χ2v) is 5.71. The van der Waals surface area contributed by atoms with Crippen LogP contribution in [0.3, 0.4) is 0 Å². The second kappa shape index (κ2) is 9.53. The molecule has 26 heavy (non-hydrogen) atoms. The van der Waals surface area contributed by atoms with Crippen LogP contribution in [0.25, 0.3) is 0 Å². The molecule has 0 bridgehead atoms. The van der Waals surface area contributed by atoms with Gasteiger partial charge in [-0.2, -0.15) is 0 Å². The molecule has 0 radical (unpaired) electrons. The third kappa shape index (κ3) is 5.86. The van der Waals surface area contributed by atoms with Crippen LogP contribution >= 0.6 is 0 Å². The van der Waals surface area contributed by atoms with Crippen LogP contribution in [0.4, 0.5) is 20.6 Å². The zero-order chi connectivity index (χ0) is 18.9. The number of nitrogens with zero attached hydrogens (tertiary/aromatic N) is 1. The summed E-state index contributed by atoms with van der Waals surface area (Å²) in [5.41, 5.74) is 1.38. The Morgan fingerprint density at radius 1 is 1.12 bits per heavy atom. The van der Waals surface area contributed by atoms with Gasteiger partial charge in [0.15, 0.2) is 0 Å². The van der Waals surface area contributed by atoms with Crippen LogP contribution in [0.15, 0.2) is 48.5 Å². The first-order valence-corrected chi connectivity index (χ1v) is 8.15. The van der Waals surface area contributed by atoms with Crippen LogP contribution in [0, 0.1) is 5.82 Å². The maximum absolute atomic E-state index is 13.7. The summed E-state index contributed by atoms with van der Waals surface area (Å²) in [6.07, 6.45) is 0. The molecule has 0 saturated carbocycles. The van der Waals surface area contributed by atoms with E-state index in [0.717, 1.165) is 5.56 Å². The first-order valence-electron chi connectivity index (χ1n) is 8.15. The van der Waals surface area contributed by atoms with Crippen LogP contribution in [0.1, 0.15) is 12.5 Å². The number of methoxy groups -OCH3 is 1. The number of ether oxygens (including phenoxy) is 1. The number of rotatable bonds is 7. The molecular weight excluding hydrogens is 337 g/mol. The average Bonchev–Trinajstić information content (AvgIpc) is 2.61. The van der Waals surface area contributed by atoms with Gasteiger partial charge in [-0.05, 0) is 23.8 Å². The minimum atomic E-state index is -0.571. The van der Waals surface area contributed by atoms with Crippen molar-refractivity contribution in [3.63, 3.8) is 0 Å². The molecule has 0 aliphatic heterocycles. The number of carbonyl (C=O) groups excluding carboxylic acids is 2. The van der Waals surface area contributed by atoms with Crippen molar-refractivity contribution in [2.24, 2.45) is 0 Å². The van der Waals surface area contributed by atoms with Gasteiger partial charge in [0.1, 0.15) is 5.82 Å². The first kappa shape index (κ1) is 19.4. The van der Waals surface area contributed by atoms with Crippen molar-refractivity contribution in [2.75, 3.05) is 30.9 Å². The average molecular weight is 359 g/mol. The molecule has 6 nitrogen and oxygen atoms in total. The normalized spacial score (nSPS) is 10.3. The van der Waals surface area contributed by atoms with Gasteiger partial charge >= 0.3 is 6.03 Å². The number of hydrogen-bond acceptors (Lipinski definition) is 3. The Balaban J connectivity index is 2.11. The van der Waals surface area contributed by atoms with E-state index < -0.39 is 11.7 Å². The van der Waals surface area contributed by atoms with E-state index >= 15 is 0 Å². The Hall–Kier alpha value is -2.93. The van der Waals surface area contributed by atoms with E-state index in [2.05, 4.69) is 10.6 Å². The highest BCUT2D eigenvalue weighted by atomic mass is 19.1. The molecule has 2 rings (SSSR count). The van der Waals surface area contributed by atoms with Gasteiger partial charge in [0.25, 0.3) is 0 Å². The van der Waals surface area contributed by atoms with Gasteiger partial charge in [-0.1, -0.05) is 30.3 Å². The van der Waals surface area contributed by atoms with E-state index in [1.165, 1.54) is 25.1 Å². The van der Waals surface area contributed by atoms with E-state index in [1.807, 2.05) is 30.3 Å². The van der Waals surface area contributed by atoms with E-state index in [0.29, 0.717) is 25.4 Å². The van der Waals surface area contributed by atoms with Crippen molar-refractivity contribution in [1.29, 1.82) is 0 Å². The quantitative estimate of drug-likeness (QED) is 0.795. The highest BCUT2D eigenvalue weighted by molar-refractivity contribution is 5.92. The summed E-state index contributed by atoms with van der Waals surface area (Å²) in [7, 11) is 1.57. The predicted octanol–water partition coefficient (Wildman–Crippen LogP) is 3.46. The van der Waals surface area contributed by atoms with Crippen molar-refractivity contribution in [1.82, 2.24) is 4.90 Å². The smallest absolute Gasteiger partial charge is 0.322 e. The largest absolute Gasteiger partial charge is 0.383 e. The maximum atomic E-state index is 13.7. The zero-order valence-corrected chi connectivity index (χ0v) is 14.8. The molecule has 0 aliphatic carbocycles. The predicted molar refractivity (Wildman–Crippen MR) is 98.5 cm³/mol. The second-order valence-electron chi connectivity index (χ2n) is 5.71. The molecule has 0 heterocycles. The van der Waals surface area contributed by atoms with Gasteiger partial charge in [0.2, 0.25) is 5.91 Å². The summed E-state index contributed by atoms with van der Waals surface area (Å²) >= 11 is 0. The van der Waals surface area contributed by atoms with Gasteiger partial charge < -0.3 is 20.3 Å². The molecule has 0 spiro atoms. The Morgan fingerprint density at radius 3 is 2.50 bits per heavy atom. The van der Waals surface area contributed by atoms with Crippen LogP contribution in [0.5, 0.6) is 0 Å². The van der Waals surface area contributed by atoms with Crippen molar-refractivity contribution in [3.05, 3.63) is 59.9 Å². The molecule has 2 aromatic rings. The number of carbonyl (C=O) groups is 2. The van der Waals surface area contributed by atoms with Gasteiger partial charge in [-0.3, -0.25) is 4.79 Å². The molecule has 0 aliphatic rings. The van der Waals surface area contributed by atoms with Gasteiger partial charge in [-0.25, -0.2) is 9.18 Å². The van der Waals surface area contributed by atoms with Gasteiger partial charge in [-0.15, -0.1) is 0 Å². The standard InChI is InChI=1S/C19H22FN3O3/c1-14(24)21-18-12-16(8-9-17(18)20)22-19(25)23(10-11-26-2)13-15-6-4-3-5-7-15/h3-9,12H,10-11,13H2,1-2H3,(H,21,24)(H,22,25). The summed E-state index contributed by atoms with van der Waals surface area (Å²) in [5.74, 6) is -0.961. The van der Waals surface area contributed by atoms with Gasteiger partial charge in [0, 0.05) is 32.8 Å². The van der Waals surface area contributed by atoms with E-state index in [-0.39, 0.29) is 11.7 Å². The summed E-state index contributed by atoms with van der Waals surface area (Å²) in [6.45, 7) is 2.49. The molecule has 2 aromatic carbocycles. The number of hydrogen-bond donors (Lipinski definition) is 2. The minimum Gasteiger partial charge on any atom is -0.383 e. The molecule has 7 heteroatoms. The monoisotopic (exact) mass is 359 g/mol. The fourth-order valence-corrected chi connectivity index (χ4v) is 2.35. The Bertz CT molecular complexity index is 753. The fraction of sp³-hybridized carbons (Fsp3) is 0.263. The van der Waals surface area contributed by atoms with E-state index in [1.54, 1.807) is 12.0 Å². The first-order chi connectivity index (χ1) is 12.5. The molecule has 0 fully saturated rings. The number of nitrogens with one attached hydrogen (secondary N) is 2. The lowest BCUT2D eigenvalue weighted by Crippen LogP contribution is -2.36. The van der Waals surface area contributed by atoms with Crippen molar-refractivity contribution in [3.8, 4) is 0 Å². The molecule has 0 saturated heterocycles. The van der Waals surface area contributed by atoms with Gasteiger partial charge in [0.05, 0.1) is 12.3 Å². The Morgan fingerprint density at radius 2 is 1.85 bits per heavy atom. The fourth-order valence-electron chi connectivity index (χ4n) is 2.35. The van der Waals surface area contributed by atoms with Crippen molar-refractivity contribution >= 4 is 23.3 Å². The molecule has 0 atom stereocenters. The number of halogens is 1. The van der Waals surface area contributed by atoms with Crippen LogP contribution in [0.2, 0.25) is 0 Å². The maximum Gasteiger partial charge on any atom is 0.322 e. The number of anilines is 2. The molecule has 138 valence electrons. The number of urea groups is 1. The summed E-state index contributed by atoms with van der Waals surface area (Å²) in [6, 6.07) is 13.2. The lowest BCUT2D eigenvalue weighted by molar-refractivity contribution is -0.114. The van der Waals surface area contributed by atoms with E-state index in [4.69, 9.17) is 4.74 Å². The van der Waals surface area contributed by atoms with Crippen LogP contribution < -0.4 is 10.6 Å². The number of benzene rings is 2. The summed E-state index contributed by atoms with van der Waals surface area (Å²) in [4.78, 5) is 25.4. The van der Waals surface area contributed by atoms with Crippen molar-refractivity contribution in [2.45, 2.75) is 13.5 Å². The third-order valence-corrected chi connectivity index (χ3v) is 3.60. The minimum absolute atomic E-state index is 0.0156. The molecule has 2 N–H and O–H groups in total. The van der Waals surface area contributed by atoms with Crippen LogP contribution in [-0.4, -0.2) is 37.1 Å². The lowest BCUT2D eigenvalue weighted by Gasteiger charge is -2.23.